The maximum atomic E-state index is 5.57. The van der Waals surface area contributed by atoms with Gasteiger partial charge in [0.1, 0.15) is 0 Å². The molecule has 0 amide bonds. The first-order valence-corrected chi connectivity index (χ1v) is 5.48. The molecule has 1 heteroatoms. The Labute approximate surface area is 87.3 Å². The summed E-state index contributed by atoms with van der Waals surface area (Å²) in [7, 11) is 0. The van der Waals surface area contributed by atoms with Crippen LogP contribution in [0.25, 0.3) is 0 Å². The van der Waals surface area contributed by atoms with Crippen molar-refractivity contribution in [1.29, 1.82) is 0 Å². The van der Waals surface area contributed by atoms with Gasteiger partial charge >= 0.3 is 0 Å². The van der Waals surface area contributed by atoms with Gasteiger partial charge in [0.15, 0.2) is 0 Å². The average molecular weight is 191 g/mol. The Morgan fingerprint density at radius 1 is 1.36 bits per heavy atom. The topological polar surface area (TPSA) is 26.0 Å². The van der Waals surface area contributed by atoms with Crippen LogP contribution in [0.4, 0.5) is 0 Å². The molecule has 0 saturated carbocycles. The highest BCUT2D eigenvalue weighted by molar-refractivity contribution is 5.32. The number of hydrogen-bond acceptors (Lipinski definition) is 1. The normalized spacial score (nSPS) is 12.9. The fourth-order valence-corrected chi connectivity index (χ4v) is 1.80. The first-order chi connectivity index (χ1) is 6.69. The zero-order valence-corrected chi connectivity index (χ0v) is 9.51. The lowest BCUT2D eigenvalue weighted by Crippen LogP contribution is -2.05. The summed E-state index contributed by atoms with van der Waals surface area (Å²) in [5.74, 6) is 0.589. The minimum atomic E-state index is 0.589. The van der Waals surface area contributed by atoms with Crippen molar-refractivity contribution in [2.45, 2.75) is 39.5 Å². The lowest BCUT2D eigenvalue weighted by molar-refractivity contribution is 0.689. The van der Waals surface area contributed by atoms with E-state index in [1.54, 1.807) is 0 Å². The quantitative estimate of drug-likeness (QED) is 0.778. The average Bonchev–Trinajstić information content (AvgIpc) is 2.19. The third-order valence-corrected chi connectivity index (χ3v) is 2.92. The monoisotopic (exact) mass is 191 g/mol. The van der Waals surface area contributed by atoms with Crippen LogP contribution in [0, 0.1) is 6.92 Å². The van der Waals surface area contributed by atoms with Crippen molar-refractivity contribution in [3.05, 3.63) is 34.9 Å². The Bertz CT molecular complexity index is 291. The van der Waals surface area contributed by atoms with Crippen LogP contribution in [0.1, 0.15) is 42.9 Å². The smallest absolute Gasteiger partial charge is 0.00715 e. The van der Waals surface area contributed by atoms with Crippen LogP contribution in [0.2, 0.25) is 0 Å². The molecule has 1 aromatic rings. The van der Waals surface area contributed by atoms with Crippen LogP contribution >= 0.6 is 0 Å². The van der Waals surface area contributed by atoms with Gasteiger partial charge in [0.05, 0.1) is 0 Å². The molecule has 0 bridgehead atoms. The SMILES string of the molecule is CCc1cc(C(C)CCN)ccc1C. The summed E-state index contributed by atoms with van der Waals surface area (Å²) in [6.45, 7) is 7.41. The van der Waals surface area contributed by atoms with Gasteiger partial charge in [0.2, 0.25) is 0 Å². The summed E-state index contributed by atoms with van der Waals surface area (Å²) in [6, 6.07) is 6.78. The van der Waals surface area contributed by atoms with Crippen molar-refractivity contribution in [2.24, 2.45) is 5.73 Å². The van der Waals surface area contributed by atoms with Crippen molar-refractivity contribution in [3.63, 3.8) is 0 Å². The standard InChI is InChI=1S/C13H21N/c1-4-12-9-13(6-5-10(12)2)11(3)7-8-14/h5-6,9,11H,4,7-8,14H2,1-3H3. The first kappa shape index (κ1) is 11.3. The summed E-state index contributed by atoms with van der Waals surface area (Å²) < 4.78 is 0. The number of hydrogen-bond donors (Lipinski definition) is 1. The molecule has 0 heterocycles. The van der Waals surface area contributed by atoms with Crippen LogP contribution in [0.3, 0.4) is 0 Å². The molecule has 0 radical (unpaired) electrons. The molecular formula is C13H21N. The molecule has 0 aliphatic rings. The lowest BCUT2D eigenvalue weighted by atomic mass is 9.93. The fraction of sp³-hybridized carbons (Fsp3) is 0.538. The van der Waals surface area contributed by atoms with Gasteiger partial charge in [0, 0.05) is 0 Å². The second-order valence-electron chi connectivity index (χ2n) is 4.02. The number of nitrogens with two attached hydrogens (primary N) is 1. The second-order valence-corrected chi connectivity index (χ2v) is 4.02. The van der Waals surface area contributed by atoms with Gasteiger partial charge in [-0.05, 0) is 48.9 Å². The zero-order chi connectivity index (χ0) is 10.6. The molecule has 0 aliphatic heterocycles. The molecule has 0 aromatic heterocycles. The van der Waals surface area contributed by atoms with E-state index in [-0.39, 0.29) is 0 Å². The minimum Gasteiger partial charge on any atom is -0.330 e. The molecule has 0 spiro atoms. The maximum absolute atomic E-state index is 5.57. The van der Waals surface area contributed by atoms with E-state index in [9.17, 15) is 0 Å². The predicted octanol–water partition coefficient (Wildman–Crippen LogP) is 3.01. The minimum absolute atomic E-state index is 0.589. The summed E-state index contributed by atoms with van der Waals surface area (Å²) in [5, 5.41) is 0. The highest BCUT2D eigenvalue weighted by Gasteiger charge is 2.05. The second kappa shape index (κ2) is 5.16. The summed E-state index contributed by atoms with van der Waals surface area (Å²) in [6.07, 6.45) is 2.20. The van der Waals surface area contributed by atoms with Crippen molar-refractivity contribution < 1.29 is 0 Å². The molecule has 1 aromatic carbocycles. The van der Waals surface area contributed by atoms with Crippen LogP contribution < -0.4 is 5.73 Å². The molecule has 1 atom stereocenters. The highest BCUT2D eigenvalue weighted by Crippen LogP contribution is 2.21. The Morgan fingerprint density at radius 3 is 2.64 bits per heavy atom. The Morgan fingerprint density at radius 2 is 2.07 bits per heavy atom. The van der Waals surface area contributed by atoms with E-state index in [0.717, 1.165) is 19.4 Å². The van der Waals surface area contributed by atoms with Crippen molar-refractivity contribution in [2.75, 3.05) is 6.54 Å². The van der Waals surface area contributed by atoms with Gasteiger partial charge in [-0.25, -0.2) is 0 Å². The van der Waals surface area contributed by atoms with Gasteiger partial charge in [-0.1, -0.05) is 32.0 Å². The molecule has 2 N–H and O–H groups in total. The van der Waals surface area contributed by atoms with Crippen molar-refractivity contribution in [3.8, 4) is 0 Å². The van der Waals surface area contributed by atoms with Gasteiger partial charge in [-0.15, -0.1) is 0 Å². The first-order valence-electron chi connectivity index (χ1n) is 5.48. The molecule has 14 heavy (non-hydrogen) atoms. The van der Waals surface area contributed by atoms with Crippen LogP contribution in [-0.2, 0) is 6.42 Å². The van der Waals surface area contributed by atoms with Gasteiger partial charge in [-0.3, -0.25) is 0 Å². The molecule has 78 valence electrons. The maximum Gasteiger partial charge on any atom is -0.00715 e. The number of aryl methyl sites for hydroxylation is 2. The largest absolute Gasteiger partial charge is 0.330 e. The molecule has 0 saturated heterocycles. The van der Waals surface area contributed by atoms with Gasteiger partial charge in [0.25, 0.3) is 0 Å². The Hall–Kier alpha value is -0.820. The van der Waals surface area contributed by atoms with E-state index >= 15 is 0 Å². The third-order valence-electron chi connectivity index (χ3n) is 2.92. The van der Waals surface area contributed by atoms with E-state index in [1.165, 1.54) is 16.7 Å². The van der Waals surface area contributed by atoms with Gasteiger partial charge < -0.3 is 5.73 Å². The molecule has 1 rings (SSSR count). The van der Waals surface area contributed by atoms with Crippen LogP contribution in [0.5, 0.6) is 0 Å². The van der Waals surface area contributed by atoms with E-state index < -0.39 is 0 Å². The zero-order valence-electron chi connectivity index (χ0n) is 9.51. The van der Waals surface area contributed by atoms with Crippen molar-refractivity contribution >= 4 is 0 Å². The third kappa shape index (κ3) is 2.58. The van der Waals surface area contributed by atoms with Crippen LogP contribution in [0.15, 0.2) is 18.2 Å². The predicted molar refractivity (Wildman–Crippen MR) is 62.6 cm³/mol. The fourth-order valence-electron chi connectivity index (χ4n) is 1.80. The van der Waals surface area contributed by atoms with E-state index in [2.05, 4.69) is 39.0 Å². The highest BCUT2D eigenvalue weighted by atomic mass is 14.5. The Kier molecular flexibility index (Phi) is 4.15. The molecule has 1 unspecified atom stereocenters. The summed E-state index contributed by atoms with van der Waals surface area (Å²) in [4.78, 5) is 0. The van der Waals surface area contributed by atoms with E-state index in [4.69, 9.17) is 5.73 Å². The van der Waals surface area contributed by atoms with Crippen molar-refractivity contribution in [1.82, 2.24) is 0 Å². The lowest BCUT2D eigenvalue weighted by Gasteiger charge is -2.13. The molecule has 0 aliphatic carbocycles. The van der Waals surface area contributed by atoms with E-state index in [1.807, 2.05) is 0 Å². The number of rotatable bonds is 4. The molecular weight excluding hydrogens is 170 g/mol. The Balaban J connectivity index is 2.88. The van der Waals surface area contributed by atoms with E-state index in [0.29, 0.717) is 5.92 Å². The molecule has 1 nitrogen and oxygen atoms in total. The molecule has 0 fully saturated rings. The summed E-state index contributed by atoms with van der Waals surface area (Å²) >= 11 is 0. The summed E-state index contributed by atoms with van der Waals surface area (Å²) in [5.41, 5.74) is 9.86. The van der Waals surface area contributed by atoms with Gasteiger partial charge in [-0.2, -0.15) is 0 Å². The van der Waals surface area contributed by atoms with Crippen LogP contribution in [-0.4, -0.2) is 6.54 Å². The number of benzene rings is 1.